The largest absolute Gasteiger partial charge is 1.00 e. The summed E-state index contributed by atoms with van der Waals surface area (Å²) in [5.74, 6) is 0. The Morgan fingerprint density at radius 3 is 1.77 bits per heavy atom. The monoisotopic (exact) mass is 219 g/mol. The smallest absolute Gasteiger partial charge is 0.448 e. The Labute approximate surface area is 120 Å². The molecule has 0 aromatic heterocycles. The minimum Gasteiger partial charge on any atom is -0.448 e. The molecule has 1 fully saturated rings. The number of hydrogen-bond acceptors (Lipinski definition) is 1. The molecule has 1 heterocycles. The number of nitrogens with zero attached hydrogens (tertiary/aromatic N) is 1. The standard InChI is InChI=1S/C7H14BF3N.K/c9-8(10,11)7-12-5-3-1-2-4-6-12;/h1-7H2;/q-1;+1. The van der Waals surface area contributed by atoms with Crippen LogP contribution in [0, 0.1) is 0 Å². The molecule has 6 heteroatoms. The molecule has 1 nitrogen and oxygen atoms in total. The first kappa shape index (κ1) is 14.5. The fraction of sp³-hybridized carbons (Fsp3) is 1.00. The summed E-state index contributed by atoms with van der Waals surface area (Å²) in [4.78, 5) is 1.53. The average molecular weight is 219 g/mol. The molecule has 0 aromatic rings. The minimum atomic E-state index is -4.62. The van der Waals surface area contributed by atoms with Gasteiger partial charge in [0.25, 0.3) is 0 Å². The molecule has 0 atom stereocenters. The van der Waals surface area contributed by atoms with Gasteiger partial charge in [-0.3, -0.25) is 0 Å². The van der Waals surface area contributed by atoms with Crippen molar-refractivity contribution in [1.82, 2.24) is 4.90 Å². The van der Waals surface area contributed by atoms with Crippen molar-refractivity contribution >= 4 is 6.98 Å². The van der Waals surface area contributed by atoms with E-state index in [0.717, 1.165) is 25.7 Å². The van der Waals surface area contributed by atoms with E-state index >= 15 is 0 Å². The molecule has 1 aliphatic rings. The van der Waals surface area contributed by atoms with Gasteiger partial charge in [0.05, 0.1) is 0 Å². The second-order valence-corrected chi connectivity index (χ2v) is 3.43. The predicted octanol–water partition coefficient (Wildman–Crippen LogP) is -0.747. The SMILES string of the molecule is F[B-](F)(F)CN1CCCCCC1.[K+]. The summed E-state index contributed by atoms with van der Waals surface area (Å²) in [5.41, 5.74) is 0. The van der Waals surface area contributed by atoms with E-state index < -0.39 is 13.4 Å². The fourth-order valence-corrected chi connectivity index (χ4v) is 1.61. The van der Waals surface area contributed by atoms with E-state index in [9.17, 15) is 12.9 Å². The zero-order valence-electron chi connectivity index (χ0n) is 8.11. The quantitative estimate of drug-likeness (QED) is 0.552. The maximum atomic E-state index is 12.0. The zero-order chi connectivity index (χ0) is 9.03. The Kier molecular flexibility index (Phi) is 7.61. The van der Waals surface area contributed by atoms with E-state index in [0.29, 0.717) is 13.1 Å². The average Bonchev–Trinajstić information content (AvgIpc) is 2.12. The van der Waals surface area contributed by atoms with Crippen molar-refractivity contribution in [1.29, 1.82) is 0 Å². The second kappa shape index (κ2) is 6.85. The molecule has 0 amide bonds. The second-order valence-electron chi connectivity index (χ2n) is 3.43. The third-order valence-corrected chi connectivity index (χ3v) is 2.16. The van der Waals surface area contributed by atoms with Crippen molar-refractivity contribution in [2.45, 2.75) is 25.7 Å². The van der Waals surface area contributed by atoms with Crippen LogP contribution in [-0.2, 0) is 0 Å². The summed E-state index contributed by atoms with van der Waals surface area (Å²) in [6.07, 6.45) is 3.35. The van der Waals surface area contributed by atoms with Crippen molar-refractivity contribution in [3.63, 3.8) is 0 Å². The third-order valence-electron chi connectivity index (χ3n) is 2.16. The molecule has 0 unspecified atom stereocenters. The van der Waals surface area contributed by atoms with Gasteiger partial charge in [-0.15, -0.1) is 0 Å². The summed E-state index contributed by atoms with van der Waals surface area (Å²) in [6.45, 7) is -3.36. The molecule has 0 spiro atoms. The Balaban J connectivity index is 0.00000144. The molecule has 0 N–H and O–H groups in total. The summed E-state index contributed by atoms with van der Waals surface area (Å²) in [6, 6.07) is 0. The summed E-state index contributed by atoms with van der Waals surface area (Å²) in [7, 11) is 0. The van der Waals surface area contributed by atoms with E-state index in [1.807, 2.05) is 0 Å². The third kappa shape index (κ3) is 7.39. The number of hydrogen-bond donors (Lipinski definition) is 0. The van der Waals surface area contributed by atoms with E-state index in [2.05, 4.69) is 0 Å². The first-order valence-corrected chi connectivity index (χ1v) is 4.51. The van der Waals surface area contributed by atoms with Crippen LogP contribution in [0.15, 0.2) is 0 Å². The summed E-state index contributed by atoms with van der Waals surface area (Å²) < 4.78 is 36.0. The van der Waals surface area contributed by atoms with Crippen molar-refractivity contribution < 1.29 is 64.3 Å². The van der Waals surface area contributed by atoms with Gasteiger partial charge < -0.3 is 17.8 Å². The molecular formula is C7H14BF3KN. The molecule has 72 valence electrons. The number of likely N-dealkylation sites (tertiary alicyclic amines) is 1. The van der Waals surface area contributed by atoms with E-state index in [4.69, 9.17) is 0 Å². The molecule has 0 aromatic carbocycles. The molecular weight excluding hydrogens is 205 g/mol. The van der Waals surface area contributed by atoms with E-state index in [-0.39, 0.29) is 51.4 Å². The molecule has 1 rings (SSSR count). The zero-order valence-corrected chi connectivity index (χ0v) is 11.2. The van der Waals surface area contributed by atoms with Crippen LogP contribution in [0.3, 0.4) is 0 Å². The fourth-order valence-electron chi connectivity index (χ4n) is 1.61. The number of rotatable bonds is 2. The van der Waals surface area contributed by atoms with Crippen LogP contribution in [0.25, 0.3) is 0 Å². The molecule has 1 aliphatic heterocycles. The van der Waals surface area contributed by atoms with Crippen LogP contribution in [0.5, 0.6) is 0 Å². The van der Waals surface area contributed by atoms with Crippen LogP contribution in [-0.4, -0.2) is 31.4 Å². The van der Waals surface area contributed by atoms with E-state index in [1.54, 1.807) is 0 Å². The molecule has 13 heavy (non-hydrogen) atoms. The van der Waals surface area contributed by atoms with Gasteiger partial charge in [0.1, 0.15) is 0 Å². The van der Waals surface area contributed by atoms with E-state index in [1.165, 1.54) is 4.90 Å². The topological polar surface area (TPSA) is 3.24 Å². The van der Waals surface area contributed by atoms with Gasteiger partial charge in [0.2, 0.25) is 0 Å². The first-order chi connectivity index (χ1) is 5.58. The Bertz CT molecular complexity index is 134. The number of halogens is 3. The van der Waals surface area contributed by atoms with Crippen molar-refractivity contribution in [3.8, 4) is 0 Å². The van der Waals surface area contributed by atoms with Gasteiger partial charge in [-0.05, 0) is 32.4 Å². The van der Waals surface area contributed by atoms with Gasteiger partial charge in [-0.2, -0.15) is 0 Å². The predicted molar refractivity (Wildman–Crippen MR) is 44.0 cm³/mol. The van der Waals surface area contributed by atoms with Crippen LogP contribution in [0.4, 0.5) is 12.9 Å². The summed E-state index contributed by atoms with van der Waals surface area (Å²) in [5, 5.41) is 0. The maximum absolute atomic E-state index is 12.0. The first-order valence-electron chi connectivity index (χ1n) is 4.51. The summed E-state index contributed by atoms with van der Waals surface area (Å²) >= 11 is 0. The Morgan fingerprint density at radius 2 is 1.38 bits per heavy atom. The van der Waals surface area contributed by atoms with Crippen LogP contribution >= 0.6 is 0 Å². The van der Waals surface area contributed by atoms with Crippen LogP contribution in [0.2, 0.25) is 0 Å². The van der Waals surface area contributed by atoms with Gasteiger partial charge in [-0.25, -0.2) is 0 Å². The maximum Gasteiger partial charge on any atom is 1.00 e. The normalized spacial score (nSPS) is 20.5. The van der Waals surface area contributed by atoms with Crippen LogP contribution < -0.4 is 51.4 Å². The molecule has 0 saturated carbocycles. The minimum absolute atomic E-state index is 0. The molecule has 0 bridgehead atoms. The van der Waals surface area contributed by atoms with Crippen LogP contribution in [0.1, 0.15) is 25.7 Å². The molecule has 1 saturated heterocycles. The van der Waals surface area contributed by atoms with Crippen molar-refractivity contribution in [2.24, 2.45) is 0 Å². The molecule has 0 aliphatic carbocycles. The van der Waals surface area contributed by atoms with Gasteiger partial charge >= 0.3 is 58.4 Å². The van der Waals surface area contributed by atoms with Gasteiger partial charge in [0.15, 0.2) is 0 Å². The Hall–Kier alpha value is 1.45. The van der Waals surface area contributed by atoms with Crippen molar-refractivity contribution in [3.05, 3.63) is 0 Å². The van der Waals surface area contributed by atoms with Gasteiger partial charge in [-0.1, -0.05) is 12.8 Å². The Morgan fingerprint density at radius 1 is 0.923 bits per heavy atom. The molecule has 0 radical (unpaired) electrons. The van der Waals surface area contributed by atoms with Gasteiger partial charge in [0, 0.05) is 0 Å². The van der Waals surface area contributed by atoms with Crippen molar-refractivity contribution in [2.75, 3.05) is 19.5 Å².